The lowest BCUT2D eigenvalue weighted by Gasteiger charge is -2.33. The Hall–Kier alpha value is -3.70. The number of hydrogen-bond donors (Lipinski definition) is 2. The molecule has 198 valence electrons. The van der Waals surface area contributed by atoms with Gasteiger partial charge in [0.25, 0.3) is 11.5 Å². The molecule has 13 heteroatoms. The zero-order chi connectivity index (χ0) is 27.4. The van der Waals surface area contributed by atoms with Gasteiger partial charge >= 0.3 is 6.18 Å². The number of halogens is 5. The van der Waals surface area contributed by atoms with Crippen LogP contribution < -0.4 is 16.2 Å². The number of carbonyl (C=O) groups is 1. The molecule has 8 nitrogen and oxygen atoms in total. The van der Waals surface area contributed by atoms with Crippen molar-refractivity contribution in [1.82, 2.24) is 19.1 Å². The highest BCUT2D eigenvalue weighted by molar-refractivity contribution is 6.42. The number of aromatic nitrogens is 4. The number of alkyl halides is 3. The van der Waals surface area contributed by atoms with Gasteiger partial charge in [-0.1, -0.05) is 47.5 Å². The van der Waals surface area contributed by atoms with Crippen LogP contribution in [0.5, 0.6) is 0 Å². The number of nitrogens with one attached hydrogen (secondary N) is 2. The molecule has 2 N–H and O–H groups in total. The fourth-order valence-corrected chi connectivity index (χ4v) is 4.83. The lowest BCUT2D eigenvalue weighted by atomic mass is 9.97. The van der Waals surface area contributed by atoms with Crippen molar-refractivity contribution < 1.29 is 18.0 Å². The van der Waals surface area contributed by atoms with E-state index in [-0.39, 0.29) is 33.7 Å². The van der Waals surface area contributed by atoms with Gasteiger partial charge in [-0.05, 0) is 36.8 Å². The van der Waals surface area contributed by atoms with Crippen molar-refractivity contribution in [2.45, 2.75) is 31.6 Å². The summed E-state index contributed by atoms with van der Waals surface area (Å²) in [5.74, 6) is -0.807. The number of benzene rings is 2. The summed E-state index contributed by atoms with van der Waals surface area (Å²) >= 11 is 12.0. The van der Waals surface area contributed by atoms with E-state index in [2.05, 4.69) is 15.7 Å². The molecule has 0 fully saturated rings. The Morgan fingerprint density at radius 2 is 1.82 bits per heavy atom. The number of amides is 1. The summed E-state index contributed by atoms with van der Waals surface area (Å²) in [6.07, 6.45) is -5.01. The molecule has 1 aliphatic rings. The first-order valence-corrected chi connectivity index (χ1v) is 12.2. The van der Waals surface area contributed by atoms with Crippen LogP contribution >= 0.6 is 23.2 Å². The second-order valence-corrected chi connectivity index (χ2v) is 9.73. The SMILES string of the molecule is Cc1c(NC(=O)c2cc3n(n2)[C@@H](C(F)(F)F)C[C@@H](c2ccc(Cl)c(Cl)c2)N3)c(=O)n(-c2ccccc2)n1C. The van der Waals surface area contributed by atoms with Crippen LogP contribution in [0.1, 0.15) is 40.3 Å². The molecule has 1 aliphatic heterocycles. The van der Waals surface area contributed by atoms with Crippen molar-refractivity contribution >= 4 is 40.6 Å². The molecule has 0 saturated heterocycles. The minimum absolute atomic E-state index is 0.00124. The summed E-state index contributed by atoms with van der Waals surface area (Å²) in [5.41, 5.74) is 0.800. The van der Waals surface area contributed by atoms with Crippen LogP contribution in [0.25, 0.3) is 5.69 Å². The molecule has 1 amide bonds. The highest BCUT2D eigenvalue weighted by Gasteiger charge is 2.47. The standard InChI is InChI=1S/C25H21Cl2F3N6O2/c1-13-22(24(38)36(34(13)2)15-6-4-3-5-7-15)32-23(37)19-12-21-31-18(14-8-9-16(26)17(27)10-14)11-20(25(28,29)30)35(21)33-19/h3-10,12,18,20,31H,11H2,1-2H3,(H,32,37)/t18-,20+/m0/s1. The Balaban J connectivity index is 1.47. The van der Waals surface area contributed by atoms with E-state index >= 15 is 0 Å². The van der Waals surface area contributed by atoms with Crippen LogP contribution in [0, 0.1) is 6.92 Å². The van der Waals surface area contributed by atoms with Crippen molar-refractivity contribution in [3.63, 3.8) is 0 Å². The van der Waals surface area contributed by atoms with E-state index in [1.807, 2.05) is 6.07 Å². The summed E-state index contributed by atoms with van der Waals surface area (Å²) in [7, 11) is 1.66. The highest BCUT2D eigenvalue weighted by atomic mass is 35.5. The van der Waals surface area contributed by atoms with E-state index in [9.17, 15) is 22.8 Å². The minimum atomic E-state index is -4.63. The van der Waals surface area contributed by atoms with Gasteiger partial charge in [0.15, 0.2) is 11.7 Å². The predicted octanol–water partition coefficient (Wildman–Crippen LogP) is 5.90. The fraction of sp³-hybridized carbons (Fsp3) is 0.240. The largest absolute Gasteiger partial charge is 0.410 e. The van der Waals surface area contributed by atoms with Crippen LogP contribution in [0.3, 0.4) is 0 Å². The maximum atomic E-state index is 14.0. The highest BCUT2D eigenvalue weighted by Crippen LogP contribution is 2.44. The lowest BCUT2D eigenvalue weighted by Crippen LogP contribution is -2.35. The summed E-state index contributed by atoms with van der Waals surface area (Å²) in [4.78, 5) is 26.2. The summed E-state index contributed by atoms with van der Waals surface area (Å²) in [5, 5.41) is 10.0. The summed E-state index contributed by atoms with van der Waals surface area (Å²) in [6, 6.07) is 11.9. The van der Waals surface area contributed by atoms with E-state index in [0.29, 0.717) is 16.9 Å². The number of carbonyl (C=O) groups excluding carboxylic acids is 1. The average Bonchev–Trinajstić information content (AvgIpc) is 3.40. The number of fused-ring (bicyclic) bond motifs is 1. The second-order valence-electron chi connectivity index (χ2n) is 8.91. The van der Waals surface area contributed by atoms with E-state index in [0.717, 1.165) is 4.68 Å². The predicted molar refractivity (Wildman–Crippen MR) is 138 cm³/mol. The number of para-hydroxylation sites is 1. The molecule has 0 aliphatic carbocycles. The number of hydrogen-bond acceptors (Lipinski definition) is 4. The van der Waals surface area contributed by atoms with Crippen molar-refractivity contribution in [1.29, 1.82) is 0 Å². The first-order chi connectivity index (χ1) is 18.0. The van der Waals surface area contributed by atoms with Gasteiger partial charge in [-0.15, -0.1) is 0 Å². The molecule has 0 radical (unpaired) electrons. The maximum Gasteiger partial charge on any atom is 0.410 e. The molecule has 3 heterocycles. The Kier molecular flexibility index (Phi) is 6.52. The number of anilines is 2. The third-order valence-corrected chi connectivity index (χ3v) is 7.30. The molecule has 0 unspecified atom stereocenters. The van der Waals surface area contributed by atoms with Crippen molar-refractivity contribution in [3.8, 4) is 5.69 Å². The second kappa shape index (κ2) is 9.55. The molecule has 5 rings (SSSR count). The number of rotatable bonds is 4. The van der Waals surface area contributed by atoms with Gasteiger partial charge in [-0.25, -0.2) is 9.36 Å². The van der Waals surface area contributed by atoms with Crippen molar-refractivity contribution in [3.05, 3.63) is 91.9 Å². The molecular weight excluding hydrogens is 544 g/mol. The van der Waals surface area contributed by atoms with Gasteiger partial charge in [0.05, 0.1) is 27.5 Å². The fourth-order valence-electron chi connectivity index (χ4n) is 4.52. The Morgan fingerprint density at radius 3 is 2.47 bits per heavy atom. The molecule has 0 bridgehead atoms. The molecule has 2 aromatic carbocycles. The quantitative estimate of drug-likeness (QED) is 0.323. The Labute approximate surface area is 224 Å². The van der Waals surface area contributed by atoms with Crippen molar-refractivity contribution in [2.75, 3.05) is 10.6 Å². The van der Waals surface area contributed by atoms with Crippen LogP contribution in [0.4, 0.5) is 24.7 Å². The molecule has 4 aromatic rings. The Morgan fingerprint density at radius 1 is 1.11 bits per heavy atom. The smallest absolute Gasteiger partial charge is 0.363 e. The molecule has 38 heavy (non-hydrogen) atoms. The zero-order valence-electron chi connectivity index (χ0n) is 20.1. The third kappa shape index (κ3) is 4.56. The van der Waals surface area contributed by atoms with Crippen molar-refractivity contribution in [2.24, 2.45) is 7.05 Å². The van der Waals surface area contributed by atoms with Gasteiger partial charge in [-0.2, -0.15) is 18.3 Å². The normalized spacial score (nSPS) is 17.1. The van der Waals surface area contributed by atoms with E-state index in [1.165, 1.54) is 22.9 Å². The van der Waals surface area contributed by atoms with E-state index < -0.39 is 29.7 Å². The molecule has 2 aromatic heterocycles. The average molecular weight is 565 g/mol. The van der Waals surface area contributed by atoms with Crippen LogP contribution in [-0.4, -0.2) is 31.2 Å². The van der Waals surface area contributed by atoms with Crippen LogP contribution in [0.15, 0.2) is 59.4 Å². The van der Waals surface area contributed by atoms with Gasteiger partial charge in [0, 0.05) is 19.5 Å². The molecular formula is C25H21Cl2F3N6O2. The van der Waals surface area contributed by atoms with Gasteiger partial charge in [0.1, 0.15) is 11.5 Å². The van der Waals surface area contributed by atoms with E-state index in [1.54, 1.807) is 49.0 Å². The number of nitrogens with zero attached hydrogens (tertiary/aromatic N) is 4. The molecule has 0 spiro atoms. The first kappa shape index (κ1) is 25.9. The third-order valence-electron chi connectivity index (χ3n) is 6.56. The van der Waals surface area contributed by atoms with Crippen LogP contribution in [0.2, 0.25) is 10.0 Å². The van der Waals surface area contributed by atoms with Gasteiger partial charge in [0.2, 0.25) is 0 Å². The topological polar surface area (TPSA) is 85.9 Å². The minimum Gasteiger partial charge on any atom is -0.363 e. The summed E-state index contributed by atoms with van der Waals surface area (Å²) < 4.78 is 45.8. The monoisotopic (exact) mass is 564 g/mol. The van der Waals surface area contributed by atoms with Gasteiger partial charge < -0.3 is 10.6 Å². The van der Waals surface area contributed by atoms with E-state index in [4.69, 9.17) is 23.2 Å². The Bertz CT molecular complexity index is 1590. The zero-order valence-corrected chi connectivity index (χ0v) is 21.6. The molecule has 2 atom stereocenters. The summed E-state index contributed by atoms with van der Waals surface area (Å²) in [6.45, 7) is 1.65. The first-order valence-electron chi connectivity index (χ1n) is 11.5. The van der Waals surface area contributed by atoms with Gasteiger partial charge in [-0.3, -0.25) is 14.3 Å². The maximum absolute atomic E-state index is 14.0. The molecule has 0 saturated carbocycles. The lowest BCUT2D eigenvalue weighted by molar-refractivity contribution is -0.173. The van der Waals surface area contributed by atoms with Crippen LogP contribution in [-0.2, 0) is 7.05 Å².